The molecule has 2 nitrogen and oxygen atoms in total. The Labute approximate surface area is 115 Å². The summed E-state index contributed by atoms with van der Waals surface area (Å²) in [6, 6.07) is 1.70. The molecule has 1 N–H and O–H groups in total. The van der Waals surface area contributed by atoms with Gasteiger partial charge in [0.1, 0.15) is 4.34 Å². The number of hydrogen-bond acceptors (Lipinski definition) is 3. The van der Waals surface area contributed by atoms with Crippen LogP contribution in [-0.4, -0.2) is 18.9 Å². The van der Waals surface area contributed by atoms with Gasteiger partial charge in [-0.15, -0.1) is 11.3 Å². The molecule has 0 spiro atoms. The second kappa shape index (κ2) is 5.27. The smallest absolute Gasteiger partial charge is 0.180 e. The molecule has 1 aromatic rings. The van der Waals surface area contributed by atoms with Crippen LogP contribution in [0.2, 0.25) is 9.36 Å². The van der Waals surface area contributed by atoms with Crippen molar-refractivity contribution >= 4 is 40.3 Å². The van der Waals surface area contributed by atoms with Crippen LogP contribution in [0.4, 0.5) is 0 Å². The van der Waals surface area contributed by atoms with Crippen LogP contribution in [0.3, 0.4) is 0 Å². The van der Waals surface area contributed by atoms with E-state index in [4.69, 9.17) is 23.2 Å². The number of hydrogen-bond donors (Lipinski definition) is 1. The fourth-order valence-electron chi connectivity index (χ4n) is 2.46. The molecule has 94 valence electrons. The van der Waals surface area contributed by atoms with E-state index in [1.807, 2.05) is 0 Å². The predicted octanol–water partition coefficient (Wildman–Crippen LogP) is 4.02. The van der Waals surface area contributed by atoms with E-state index in [9.17, 15) is 4.79 Å². The molecule has 1 aromatic heterocycles. The molecule has 0 aromatic carbocycles. The van der Waals surface area contributed by atoms with Gasteiger partial charge < -0.3 is 5.32 Å². The molecule has 5 heteroatoms. The van der Waals surface area contributed by atoms with Crippen LogP contribution in [0.1, 0.15) is 35.9 Å². The SMILES string of the molecule is CCC[C@@]1(C(=O)c2cc(Cl)c(Cl)s2)CCNC1. The maximum Gasteiger partial charge on any atom is 0.180 e. The average molecular weight is 292 g/mol. The third kappa shape index (κ3) is 2.53. The Balaban J connectivity index is 2.28. The van der Waals surface area contributed by atoms with Crippen LogP contribution in [0, 0.1) is 5.41 Å². The largest absolute Gasteiger partial charge is 0.316 e. The van der Waals surface area contributed by atoms with Gasteiger partial charge in [-0.25, -0.2) is 0 Å². The number of rotatable bonds is 4. The Morgan fingerprint density at radius 2 is 2.35 bits per heavy atom. The van der Waals surface area contributed by atoms with Crippen molar-refractivity contribution in [3.63, 3.8) is 0 Å². The van der Waals surface area contributed by atoms with E-state index < -0.39 is 0 Å². The molecular weight excluding hydrogens is 277 g/mol. The molecule has 0 amide bonds. The summed E-state index contributed by atoms with van der Waals surface area (Å²) in [5.41, 5.74) is -0.244. The molecule has 0 aliphatic carbocycles. The van der Waals surface area contributed by atoms with E-state index in [0.717, 1.165) is 32.4 Å². The maximum absolute atomic E-state index is 12.6. The van der Waals surface area contributed by atoms with Crippen molar-refractivity contribution < 1.29 is 4.79 Å². The lowest BCUT2D eigenvalue weighted by Crippen LogP contribution is -2.33. The molecule has 2 rings (SSSR count). The fraction of sp³-hybridized carbons (Fsp3) is 0.583. The van der Waals surface area contributed by atoms with Crippen LogP contribution >= 0.6 is 34.5 Å². The first kappa shape index (κ1) is 13.3. The van der Waals surface area contributed by atoms with Gasteiger partial charge in [-0.2, -0.15) is 0 Å². The Morgan fingerprint density at radius 1 is 1.59 bits per heavy atom. The zero-order valence-electron chi connectivity index (χ0n) is 9.69. The lowest BCUT2D eigenvalue weighted by atomic mass is 9.78. The van der Waals surface area contributed by atoms with Crippen molar-refractivity contribution in [3.8, 4) is 0 Å². The van der Waals surface area contributed by atoms with Crippen molar-refractivity contribution in [3.05, 3.63) is 20.3 Å². The van der Waals surface area contributed by atoms with E-state index in [1.54, 1.807) is 6.07 Å². The summed E-state index contributed by atoms with van der Waals surface area (Å²) in [5.74, 6) is 0.197. The number of halogens is 2. The average Bonchev–Trinajstić information content (AvgIpc) is 2.88. The first-order chi connectivity index (χ1) is 8.09. The molecule has 17 heavy (non-hydrogen) atoms. The number of carbonyl (C=O) groups is 1. The van der Waals surface area contributed by atoms with Crippen molar-refractivity contribution in [2.75, 3.05) is 13.1 Å². The molecule has 0 bridgehead atoms. The zero-order chi connectivity index (χ0) is 12.5. The molecular formula is C12H15Cl2NOS. The Kier molecular flexibility index (Phi) is 4.14. The van der Waals surface area contributed by atoms with E-state index in [1.165, 1.54) is 11.3 Å². The van der Waals surface area contributed by atoms with E-state index in [0.29, 0.717) is 14.2 Å². The lowest BCUT2D eigenvalue weighted by molar-refractivity contribution is 0.0806. The molecule has 2 heterocycles. The van der Waals surface area contributed by atoms with Gasteiger partial charge in [0.2, 0.25) is 0 Å². The molecule has 1 atom stereocenters. The van der Waals surface area contributed by atoms with Crippen LogP contribution in [0.5, 0.6) is 0 Å². The number of nitrogens with one attached hydrogen (secondary N) is 1. The van der Waals surface area contributed by atoms with Gasteiger partial charge in [0.25, 0.3) is 0 Å². The molecule has 0 unspecified atom stereocenters. The number of thiophene rings is 1. The monoisotopic (exact) mass is 291 g/mol. The molecule has 0 saturated carbocycles. The second-order valence-electron chi connectivity index (χ2n) is 4.52. The summed E-state index contributed by atoms with van der Waals surface area (Å²) in [6.07, 6.45) is 2.85. The molecule has 0 radical (unpaired) electrons. The van der Waals surface area contributed by atoms with Gasteiger partial charge >= 0.3 is 0 Å². The molecule has 1 aliphatic rings. The fourth-order valence-corrected chi connectivity index (χ4v) is 3.89. The standard InChI is InChI=1S/C12H15Cl2NOS/c1-2-3-12(4-5-15-7-12)10(16)9-6-8(13)11(14)17-9/h6,15H,2-5,7H2,1H3/t12-/m1/s1. The van der Waals surface area contributed by atoms with Crippen LogP contribution < -0.4 is 5.32 Å². The molecule has 1 fully saturated rings. The first-order valence-corrected chi connectivity index (χ1v) is 7.36. The predicted molar refractivity (Wildman–Crippen MR) is 73.5 cm³/mol. The summed E-state index contributed by atoms with van der Waals surface area (Å²) in [6.45, 7) is 3.80. The minimum atomic E-state index is -0.244. The van der Waals surface area contributed by atoms with Crippen molar-refractivity contribution in [2.24, 2.45) is 5.41 Å². The quantitative estimate of drug-likeness (QED) is 0.849. The van der Waals surface area contributed by atoms with Crippen LogP contribution in [-0.2, 0) is 0 Å². The van der Waals surface area contributed by atoms with Gasteiger partial charge in [-0.1, -0.05) is 36.5 Å². The summed E-state index contributed by atoms with van der Waals surface area (Å²) in [5, 5.41) is 3.77. The van der Waals surface area contributed by atoms with Crippen molar-refractivity contribution in [1.82, 2.24) is 5.32 Å². The Hall–Kier alpha value is -0.0900. The maximum atomic E-state index is 12.6. The first-order valence-electron chi connectivity index (χ1n) is 5.79. The van der Waals surface area contributed by atoms with Gasteiger partial charge in [0.15, 0.2) is 5.78 Å². The molecule has 1 saturated heterocycles. The summed E-state index contributed by atoms with van der Waals surface area (Å²) in [7, 11) is 0. The third-order valence-electron chi connectivity index (χ3n) is 3.32. The third-order valence-corrected chi connectivity index (χ3v) is 5.19. The Bertz CT molecular complexity index is 405. The minimum absolute atomic E-state index is 0.197. The lowest BCUT2D eigenvalue weighted by Gasteiger charge is -2.25. The van der Waals surface area contributed by atoms with Gasteiger partial charge in [-0.3, -0.25) is 4.79 Å². The Morgan fingerprint density at radius 3 is 2.82 bits per heavy atom. The number of ketones is 1. The van der Waals surface area contributed by atoms with Gasteiger partial charge in [0.05, 0.1) is 9.90 Å². The van der Waals surface area contributed by atoms with Crippen molar-refractivity contribution in [1.29, 1.82) is 0 Å². The van der Waals surface area contributed by atoms with Crippen LogP contribution in [0.25, 0.3) is 0 Å². The van der Waals surface area contributed by atoms with Gasteiger partial charge in [-0.05, 0) is 25.5 Å². The number of Topliss-reactive ketones (excluding diaryl/α,β-unsaturated/α-hetero) is 1. The van der Waals surface area contributed by atoms with E-state index >= 15 is 0 Å². The van der Waals surface area contributed by atoms with E-state index in [2.05, 4.69) is 12.2 Å². The highest BCUT2D eigenvalue weighted by Gasteiger charge is 2.41. The highest BCUT2D eigenvalue weighted by Crippen LogP contribution is 2.39. The second-order valence-corrected chi connectivity index (χ2v) is 6.58. The van der Waals surface area contributed by atoms with Crippen molar-refractivity contribution in [2.45, 2.75) is 26.2 Å². The highest BCUT2D eigenvalue weighted by molar-refractivity contribution is 7.18. The normalized spacial score (nSPS) is 24.2. The van der Waals surface area contributed by atoms with E-state index in [-0.39, 0.29) is 11.2 Å². The topological polar surface area (TPSA) is 29.1 Å². The highest BCUT2D eigenvalue weighted by atomic mass is 35.5. The minimum Gasteiger partial charge on any atom is -0.316 e. The van der Waals surface area contributed by atoms with Gasteiger partial charge in [0, 0.05) is 12.0 Å². The zero-order valence-corrected chi connectivity index (χ0v) is 12.0. The molecule has 1 aliphatic heterocycles. The summed E-state index contributed by atoms with van der Waals surface area (Å²) < 4.78 is 0.507. The summed E-state index contributed by atoms with van der Waals surface area (Å²) in [4.78, 5) is 13.3. The summed E-state index contributed by atoms with van der Waals surface area (Å²) >= 11 is 13.1. The van der Waals surface area contributed by atoms with Crippen LogP contribution in [0.15, 0.2) is 6.07 Å². The number of carbonyl (C=O) groups excluding carboxylic acids is 1.